The van der Waals surface area contributed by atoms with Gasteiger partial charge in [0.2, 0.25) is 6.79 Å². The van der Waals surface area contributed by atoms with Crippen molar-refractivity contribution in [1.82, 2.24) is 5.32 Å². The largest absolute Gasteiger partial charge is 0.493 e. The lowest BCUT2D eigenvalue weighted by Crippen LogP contribution is -2.30. The predicted octanol–water partition coefficient (Wildman–Crippen LogP) is 5.93. The summed E-state index contributed by atoms with van der Waals surface area (Å²) in [6.07, 6.45) is 2.83. The Morgan fingerprint density at radius 1 is 1.11 bits per heavy atom. The minimum atomic E-state index is -0.245. The second kappa shape index (κ2) is 10.8. The van der Waals surface area contributed by atoms with Gasteiger partial charge in [-0.05, 0) is 81.5 Å². The molecule has 2 aliphatic heterocycles. The highest BCUT2D eigenvalue weighted by Crippen LogP contribution is 2.40. The van der Waals surface area contributed by atoms with Crippen molar-refractivity contribution in [1.29, 1.82) is 0 Å². The predicted molar refractivity (Wildman–Crippen MR) is 145 cm³/mol. The van der Waals surface area contributed by atoms with Gasteiger partial charge in [-0.15, -0.1) is 0 Å². The van der Waals surface area contributed by atoms with Crippen LogP contribution in [0.5, 0.6) is 23.0 Å². The molecule has 0 bridgehead atoms. The van der Waals surface area contributed by atoms with Crippen molar-refractivity contribution < 1.29 is 23.7 Å². The number of thioether (sulfide) groups is 1. The van der Waals surface area contributed by atoms with Crippen LogP contribution < -0.4 is 29.6 Å². The molecule has 2 heterocycles. The Kier molecular flexibility index (Phi) is 7.29. The van der Waals surface area contributed by atoms with Crippen molar-refractivity contribution in [2.75, 3.05) is 19.2 Å². The molecule has 0 aliphatic carbocycles. The molecule has 1 fully saturated rings. The molecule has 5 rings (SSSR count). The second-order valence-electron chi connectivity index (χ2n) is 8.19. The molecular formula is C27H25BrN2O5S. The number of aryl methyl sites for hydroxylation is 1. The average Bonchev–Trinajstić information content (AvgIpc) is 3.49. The fraction of sp³-hybridized carbons (Fsp3) is 0.222. The summed E-state index contributed by atoms with van der Waals surface area (Å²) < 4.78 is 23.2. The maximum absolute atomic E-state index is 12.6. The summed E-state index contributed by atoms with van der Waals surface area (Å²) in [7, 11) is 1.59. The third kappa shape index (κ3) is 5.42. The Morgan fingerprint density at radius 3 is 2.67 bits per heavy atom. The first-order chi connectivity index (χ1) is 17.5. The molecule has 9 heteroatoms. The van der Waals surface area contributed by atoms with Gasteiger partial charge in [0.15, 0.2) is 28.5 Å². The Bertz CT molecular complexity index is 1310. The van der Waals surface area contributed by atoms with Crippen LogP contribution >= 0.6 is 27.7 Å². The Morgan fingerprint density at radius 2 is 1.89 bits per heavy atom. The normalized spacial score (nSPS) is 17.2. The molecule has 186 valence electrons. The van der Waals surface area contributed by atoms with Crippen LogP contribution in [0.2, 0.25) is 0 Å². The summed E-state index contributed by atoms with van der Waals surface area (Å²) in [5.74, 6) is 2.46. The van der Waals surface area contributed by atoms with Crippen LogP contribution in [0.3, 0.4) is 0 Å². The van der Waals surface area contributed by atoms with Gasteiger partial charge >= 0.3 is 0 Å². The van der Waals surface area contributed by atoms with E-state index in [4.69, 9.17) is 18.9 Å². The number of carbonyl (C=O) groups is 1. The fourth-order valence-corrected chi connectivity index (χ4v) is 5.41. The van der Waals surface area contributed by atoms with Crippen LogP contribution in [0.4, 0.5) is 5.69 Å². The number of amides is 1. The van der Waals surface area contributed by atoms with Gasteiger partial charge in [0, 0.05) is 5.69 Å². The van der Waals surface area contributed by atoms with Crippen LogP contribution in [-0.4, -0.2) is 25.3 Å². The molecule has 36 heavy (non-hydrogen) atoms. The van der Waals surface area contributed by atoms with E-state index in [1.165, 1.54) is 17.3 Å². The highest BCUT2D eigenvalue weighted by molar-refractivity contribution is 9.10. The number of rotatable bonds is 8. The molecule has 3 aromatic rings. The van der Waals surface area contributed by atoms with Crippen molar-refractivity contribution >= 4 is 45.4 Å². The van der Waals surface area contributed by atoms with E-state index in [0.29, 0.717) is 28.8 Å². The van der Waals surface area contributed by atoms with Gasteiger partial charge in [-0.1, -0.05) is 36.9 Å². The molecule has 0 radical (unpaired) electrons. The average molecular weight is 569 g/mol. The van der Waals surface area contributed by atoms with E-state index in [0.717, 1.165) is 33.5 Å². The van der Waals surface area contributed by atoms with Crippen LogP contribution in [0.1, 0.15) is 23.6 Å². The van der Waals surface area contributed by atoms with Crippen molar-refractivity contribution in [2.24, 2.45) is 0 Å². The number of ether oxygens (including phenoxy) is 4. The number of halogens is 1. The van der Waals surface area contributed by atoms with Crippen molar-refractivity contribution in [3.8, 4) is 23.0 Å². The lowest BCUT2D eigenvalue weighted by atomic mass is 10.1. The van der Waals surface area contributed by atoms with Crippen LogP contribution in [0, 0.1) is 0 Å². The highest BCUT2D eigenvalue weighted by Gasteiger charge is 2.27. The minimum absolute atomic E-state index is 0.124. The van der Waals surface area contributed by atoms with Gasteiger partial charge in [-0.2, -0.15) is 0 Å². The van der Waals surface area contributed by atoms with Crippen LogP contribution in [-0.2, 0) is 17.8 Å². The van der Waals surface area contributed by atoms with E-state index in [-0.39, 0.29) is 18.2 Å². The number of methoxy groups -OCH3 is 1. The summed E-state index contributed by atoms with van der Waals surface area (Å²) in [5, 5.41) is 6.32. The maximum Gasteiger partial charge on any atom is 0.260 e. The van der Waals surface area contributed by atoms with E-state index < -0.39 is 0 Å². The molecule has 2 aliphatic rings. The molecule has 0 unspecified atom stereocenters. The molecule has 1 amide bonds. The summed E-state index contributed by atoms with van der Waals surface area (Å²) in [5.41, 5.74) is 3.75. The van der Waals surface area contributed by atoms with E-state index in [1.54, 1.807) is 7.11 Å². The SMILES string of the molecule is CCc1ccc(N[C@@H]2NC(=O)/C(=C/c3cc(Br)c(OCc4ccc5c(c4)OCO5)c(OC)c3)S2)cc1. The summed E-state index contributed by atoms with van der Waals surface area (Å²) in [6.45, 7) is 2.68. The van der Waals surface area contributed by atoms with Gasteiger partial charge in [0.25, 0.3) is 5.91 Å². The van der Waals surface area contributed by atoms with E-state index in [2.05, 4.69) is 45.6 Å². The highest BCUT2D eigenvalue weighted by atomic mass is 79.9. The molecule has 2 N–H and O–H groups in total. The molecule has 7 nitrogen and oxygen atoms in total. The number of anilines is 1. The first kappa shape index (κ1) is 24.4. The van der Waals surface area contributed by atoms with Gasteiger partial charge in [0.1, 0.15) is 6.61 Å². The summed E-state index contributed by atoms with van der Waals surface area (Å²) in [4.78, 5) is 13.2. The number of carbonyl (C=O) groups excluding carboxylic acids is 1. The maximum atomic E-state index is 12.6. The molecule has 1 atom stereocenters. The number of hydrogen-bond acceptors (Lipinski definition) is 7. The number of nitrogens with one attached hydrogen (secondary N) is 2. The molecule has 1 saturated heterocycles. The number of fused-ring (bicyclic) bond motifs is 1. The summed E-state index contributed by atoms with van der Waals surface area (Å²) in [6, 6.07) is 17.7. The first-order valence-corrected chi connectivity index (χ1v) is 13.1. The topological polar surface area (TPSA) is 78.1 Å². The van der Waals surface area contributed by atoms with E-state index in [9.17, 15) is 4.79 Å². The van der Waals surface area contributed by atoms with Gasteiger partial charge in [0.05, 0.1) is 16.5 Å². The smallest absolute Gasteiger partial charge is 0.260 e. The molecule has 0 spiro atoms. The van der Waals surface area contributed by atoms with Gasteiger partial charge in [-0.3, -0.25) is 4.79 Å². The van der Waals surface area contributed by atoms with Crippen molar-refractivity contribution in [3.05, 3.63) is 80.7 Å². The minimum Gasteiger partial charge on any atom is -0.493 e. The van der Waals surface area contributed by atoms with Gasteiger partial charge < -0.3 is 29.6 Å². The quantitative estimate of drug-likeness (QED) is 0.326. The standard InChI is InChI=1S/C27H25BrN2O5S/c1-3-16-4-7-19(8-5-16)29-27-30-26(31)24(36-27)13-18-10-20(28)25(23(12-18)32-2)33-14-17-6-9-21-22(11-17)35-15-34-21/h4-13,27,29H,3,14-15H2,1-2H3,(H,30,31)/b24-13-/t27-/m1/s1. The molecule has 0 saturated carbocycles. The van der Waals surface area contributed by atoms with Crippen LogP contribution in [0.25, 0.3) is 6.08 Å². The van der Waals surface area contributed by atoms with Crippen LogP contribution in [0.15, 0.2) is 64.0 Å². The zero-order chi connectivity index (χ0) is 25.1. The monoisotopic (exact) mass is 568 g/mol. The van der Waals surface area contributed by atoms with Gasteiger partial charge in [-0.25, -0.2) is 0 Å². The third-order valence-corrected chi connectivity index (χ3v) is 7.38. The zero-order valence-electron chi connectivity index (χ0n) is 19.8. The summed E-state index contributed by atoms with van der Waals surface area (Å²) >= 11 is 5.03. The number of hydrogen-bond donors (Lipinski definition) is 2. The Hall–Kier alpha value is -3.30. The molecular weight excluding hydrogens is 544 g/mol. The van der Waals surface area contributed by atoms with E-state index in [1.807, 2.05) is 48.5 Å². The van der Waals surface area contributed by atoms with E-state index >= 15 is 0 Å². The molecule has 3 aromatic carbocycles. The second-order valence-corrected chi connectivity index (χ2v) is 10.2. The zero-order valence-corrected chi connectivity index (χ0v) is 22.2. The Balaban J connectivity index is 1.28. The third-order valence-electron chi connectivity index (χ3n) is 5.76. The first-order valence-electron chi connectivity index (χ1n) is 11.5. The van der Waals surface area contributed by atoms with Crippen molar-refractivity contribution in [3.63, 3.8) is 0 Å². The number of benzene rings is 3. The lowest BCUT2D eigenvalue weighted by molar-refractivity contribution is -0.116. The lowest BCUT2D eigenvalue weighted by Gasteiger charge is -2.14. The van der Waals surface area contributed by atoms with Crippen molar-refractivity contribution in [2.45, 2.75) is 25.4 Å². The molecule has 0 aromatic heterocycles. The fourth-order valence-electron chi connectivity index (χ4n) is 3.85. The Labute approximate surface area is 222 Å².